The summed E-state index contributed by atoms with van der Waals surface area (Å²) in [5, 5.41) is 7.22. The van der Waals surface area contributed by atoms with Crippen molar-refractivity contribution in [3.8, 4) is 5.75 Å². The van der Waals surface area contributed by atoms with Crippen molar-refractivity contribution in [2.75, 3.05) is 13.6 Å². The SMILES string of the molecule is CN(C[C@@H]1Cc2ccccc2O1)C(=O)c1n[nH]c2c1CCC2. The van der Waals surface area contributed by atoms with Gasteiger partial charge in [0.1, 0.15) is 11.9 Å². The lowest BCUT2D eigenvalue weighted by Crippen LogP contribution is -2.36. The number of H-pyrrole nitrogens is 1. The lowest BCUT2D eigenvalue weighted by molar-refractivity contribution is 0.0723. The Bertz CT molecular complexity index is 697. The van der Waals surface area contributed by atoms with E-state index in [-0.39, 0.29) is 12.0 Å². The number of hydrogen-bond donors (Lipinski definition) is 1. The van der Waals surface area contributed by atoms with Crippen LogP contribution in [0.3, 0.4) is 0 Å². The maximum atomic E-state index is 12.6. The van der Waals surface area contributed by atoms with E-state index < -0.39 is 0 Å². The van der Waals surface area contributed by atoms with Gasteiger partial charge >= 0.3 is 0 Å². The fourth-order valence-corrected chi connectivity index (χ4v) is 3.42. The first-order valence-corrected chi connectivity index (χ1v) is 7.78. The van der Waals surface area contributed by atoms with Crippen LogP contribution in [0.5, 0.6) is 5.75 Å². The minimum absolute atomic E-state index is 0.0149. The minimum atomic E-state index is -0.0149. The zero-order chi connectivity index (χ0) is 15.1. The summed E-state index contributed by atoms with van der Waals surface area (Å²) < 4.78 is 5.92. The summed E-state index contributed by atoms with van der Waals surface area (Å²) in [4.78, 5) is 14.3. The number of fused-ring (bicyclic) bond motifs is 2. The number of amides is 1. The molecule has 1 aliphatic heterocycles. The molecule has 5 nitrogen and oxygen atoms in total. The van der Waals surface area contributed by atoms with Gasteiger partial charge in [0.25, 0.3) is 5.91 Å². The highest BCUT2D eigenvalue weighted by atomic mass is 16.5. The zero-order valence-corrected chi connectivity index (χ0v) is 12.6. The maximum absolute atomic E-state index is 12.6. The van der Waals surface area contributed by atoms with Gasteiger partial charge in [-0.2, -0.15) is 5.10 Å². The number of hydrogen-bond acceptors (Lipinski definition) is 3. The predicted molar refractivity (Wildman–Crippen MR) is 82.1 cm³/mol. The van der Waals surface area contributed by atoms with Gasteiger partial charge in [-0.1, -0.05) is 18.2 Å². The molecule has 0 fully saturated rings. The van der Waals surface area contributed by atoms with Gasteiger partial charge in [0, 0.05) is 24.7 Å². The van der Waals surface area contributed by atoms with E-state index in [1.54, 1.807) is 4.90 Å². The van der Waals surface area contributed by atoms with Crippen molar-refractivity contribution in [3.63, 3.8) is 0 Å². The summed E-state index contributed by atoms with van der Waals surface area (Å²) in [5.74, 6) is 0.924. The van der Waals surface area contributed by atoms with E-state index >= 15 is 0 Å². The third-order valence-electron chi connectivity index (χ3n) is 4.55. The number of carbonyl (C=O) groups is 1. The molecular formula is C17H19N3O2. The Morgan fingerprint density at radius 2 is 2.27 bits per heavy atom. The number of benzene rings is 1. The average Bonchev–Trinajstić information content (AvgIpc) is 3.20. The molecule has 0 radical (unpaired) electrons. The molecule has 0 bridgehead atoms. The number of para-hydroxylation sites is 1. The van der Waals surface area contributed by atoms with Crippen molar-refractivity contribution in [2.24, 2.45) is 0 Å². The molecule has 0 saturated heterocycles. The quantitative estimate of drug-likeness (QED) is 0.942. The molecule has 2 aromatic rings. The smallest absolute Gasteiger partial charge is 0.274 e. The van der Waals surface area contributed by atoms with Gasteiger partial charge in [0.05, 0.1) is 6.54 Å². The molecule has 1 aromatic heterocycles. The number of aromatic nitrogens is 2. The largest absolute Gasteiger partial charge is 0.488 e. The fourth-order valence-electron chi connectivity index (χ4n) is 3.42. The maximum Gasteiger partial charge on any atom is 0.274 e. The van der Waals surface area contributed by atoms with Crippen LogP contribution in [-0.4, -0.2) is 40.7 Å². The number of aryl methyl sites for hydroxylation is 1. The zero-order valence-electron chi connectivity index (χ0n) is 12.6. The highest BCUT2D eigenvalue weighted by Crippen LogP contribution is 2.29. The van der Waals surface area contributed by atoms with E-state index in [4.69, 9.17) is 4.74 Å². The summed E-state index contributed by atoms with van der Waals surface area (Å²) in [7, 11) is 1.82. The van der Waals surface area contributed by atoms with E-state index in [2.05, 4.69) is 16.3 Å². The van der Waals surface area contributed by atoms with Crippen LogP contribution in [-0.2, 0) is 19.3 Å². The Hall–Kier alpha value is -2.30. The minimum Gasteiger partial charge on any atom is -0.488 e. The summed E-state index contributed by atoms with van der Waals surface area (Å²) in [6.07, 6.45) is 3.94. The van der Waals surface area contributed by atoms with E-state index in [0.717, 1.165) is 42.7 Å². The summed E-state index contributed by atoms with van der Waals surface area (Å²) in [5.41, 5.74) is 4.04. The molecule has 1 amide bonds. The molecule has 114 valence electrons. The Balaban J connectivity index is 1.44. The predicted octanol–water partition coefficient (Wildman–Crippen LogP) is 1.97. The molecule has 22 heavy (non-hydrogen) atoms. The second-order valence-electron chi connectivity index (χ2n) is 6.12. The Kier molecular flexibility index (Phi) is 3.13. The van der Waals surface area contributed by atoms with E-state index in [0.29, 0.717) is 12.2 Å². The van der Waals surface area contributed by atoms with Crippen molar-refractivity contribution in [1.82, 2.24) is 15.1 Å². The molecule has 1 aromatic carbocycles. The van der Waals surface area contributed by atoms with Crippen LogP contribution < -0.4 is 4.74 Å². The first-order valence-electron chi connectivity index (χ1n) is 7.78. The number of nitrogens with zero attached hydrogens (tertiary/aromatic N) is 2. The van der Waals surface area contributed by atoms with Crippen molar-refractivity contribution < 1.29 is 9.53 Å². The number of ether oxygens (including phenoxy) is 1. The van der Waals surface area contributed by atoms with Crippen LogP contribution in [0.25, 0.3) is 0 Å². The normalized spacial score (nSPS) is 18.7. The van der Waals surface area contributed by atoms with Crippen LogP contribution in [0.1, 0.15) is 33.7 Å². The van der Waals surface area contributed by atoms with Crippen LogP contribution >= 0.6 is 0 Å². The lowest BCUT2D eigenvalue weighted by atomic mass is 10.1. The standard InChI is InChI=1S/C17H19N3O2/c1-20(10-12-9-11-5-2-3-8-15(11)22-12)17(21)16-13-6-4-7-14(13)18-19-16/h2-3,5,8,12H,4,6-7,9-10H2,1H3,(H,18,19)/t12-/m0/s1. The van der Waals surface area contributed by atoms with Crippen LogP contribution in [0, 0.1) is 0 Å². The van der Waals surface area contributed by atoms with Gasteiger partial charge in [-0.15, -0.1) is 0 Å². The van der Waals surface area contributed by atoms with Gasteiger partial charge in [0.2, 0.25) is 0 Å². The molecule has 1 atom stereocenters. The second kappa shape index (κ2) is 5.16. The van der Waals surface area contributed by atoms with Gasteiger partial charge < -0.3 is 9.64 Å². The molecule has 5 heteroatoms. The molecule has 4 rings (SSSR count). The molecule has 1 N–H and O–H groups in total. The Morgan fingerprint density at radius 3 is 3.14 bits per heavy atom. The number of carbonyl (C=O) groups excluding carboxylic acids is 1. The van der Waals surface area contributed by atoms with Crippen LogP contribution in [0.4, 0.5) is 0 Å². The second-order valence-corrected chi connectivity index (χ2v) is 6.12. The summed E-state index contributed by atoms with van der Waals surface area (Å²) in [6, 6.07) is 8.06. The molecule has 0 unspecified atom stereocenters. The number of aromatic amines is 1. The monoisotopic (exact) mass is 297 g/mol. The van der Waals surface area contributed by atoms with Crippen molar-refractivity contribution in [1.29, 1.82) is 0 Å². The molecule has 2 aliphatic rings. The Morgan fingerprint density at radius 1 is 1.41 bits per heavy atom. The lowest BCUT2D eigenvalue weighted by Gasteiger charge is -2.20. The third-order valence-corrected chi connectivity index (χ3v) is 4.55. The first-order chi connectivity index (χ1) is 10.7. The molecular weight excluding hydrogens is 278 g/mol. The van der Waals surface area contributed by atoms with E-state index in [9.17, 15) is 4.79 Å². The van der Waals surface area contributed by atoms with Crippen LogP contribution in [0.2, 0.25) is 0 Å². The van der Waals surface area contributed by atoms with Crippen molar-refractivity contribution >= 4 is 5.91 Å². The van der Waals surface area contributed by atoms with Crippen molar-refractivity contribution in [2.45, 2.75) is 31.8 Å². The van der Waals surface area contributed by atoms with Gasteiger partial charge in [0.15, 0.2) is 5.69 Å². The van der Waals surface area contributed by atoms with Crippen LogP contribution in [0.15, 0.2) is 24.3 Å². The van der Waals surface area contributed by atoms with Gasteiger partial charge in [-0.05, 0) is 30.9 Å². The highest BCUT2D eigenvalue weighted by Gasteiger charge is 2.29. The fraction of sp³-hybridized carbons (Fsp3) is 0.412. The number of nitrogens with one attached hydrogen (secondary N) is 1. The number of likely N-dealkylation sites (N-methyl/N-ethyl adjacent to an activating group) is 1. The first kappa shape index (κ1) is 13.4. The average molecular weight is 297 g/mol. The van der Waals surface area contributed by atoms with Gasteiger partial charge in [-0.25, -0.2) is 0 Å². The number of rotatable bonds is 3. The summed E-state index contributed by atoms with van der Waals surface area (Å²) >= 11 is 0. The Labute approximate surface area is 129 Å². The topological polar surface area (TPSA) is 58.2 Å². The van der Waals surface area contributed by atoms with Crippen molar-refractivity contribution in [3.05, 3.63) is 46.8 Å². The molecule has 2 heterocycles. The van der Waals surface area contributed by atoms with Gasteiger partial charge in [-0.3, -0.25) is 9.89 Å². The molecule has 0 saturated carbocycles. The summed E-state index contributed by atoms with van der Waals surface area (Å²) in [6.45, 7) is 0.579. The highest BCUT2D eigenvalue weighted by molar-refractivity contribution is 5.94. The third kappa shape index (κ3) is 2.17. The molecule has 0 spiro atoms. The molecule has 1 aliphatic carbocycles. The van der Waals surface area contributed by atoms with E-state index in [1.165, 1.54) is 5.56 Å². The van der Waals surface area contributed by atoms with E-state index in [1.807, 2.05) is 25.2 Å².